The van der Waals surface area contributed by atoms with Gasteiger partial charge in [-0.1, -0.05) is 29.8 Å². The van der Waals surface area contributed by atoms with Crippen LogP contribution in [0.25, 0.3) is 0 Å². The van der Waals surface area contributed by atoms with Crippen LogP contribution in [0.5, 0.6) is 11.5 Å². The lowest BCUT2D eigenvalue weighted by atomic mass is 9.93. The standard InChI is InChI=1S/C24H26ClN3O5S/c1-3-32-24(29)16-28-22-11-7-10-21(19(22)15-26-28)27(2)34(30,31)18-12-13-23(20(25)14-18)33-17-8-5-4-6-9-17/h4-6,8-9,12-15,21H,3,7,10-11,16H2,1-2H3/t21-/m1/s1. The molecule has 2 aromatic carbocycles. The Balaban J connectivity index is 1.56. The number of ether oxygens (including phenoxy) is 2. The largest absolute Gasteiger partial charge is 0.465 e. The van der Waals surface area contributed by atoms with Gasteiger partial charge in [-0.15, -0.1) is 0 Å². The van der Waals surface area contributed by atoms with Gasteiger partial charge in [0.25, 0.3) is 0 Å². The van der Waals surface area contributed by atoms with Crippen molar-refractivity contribution in [3.63, 3.8) is 0 Å². The molecule has 180 valence electrons. The number of aromatic nitrogens is 2. The molecule has 0 radical (unpaired) electrons. The smallest absolute Gasteiger partial charge is 0.327 e. The Morgan fingerprint density at radius 3 is 2.71 bits per heavy atom. The summed E-state index contributed by atoms with van der Waals surface area (Å²) in [5, 5.41) is 4.53. The molecular formula is C24H26ClN3O5S. The highest BCUT2D eigenvalue weighted by molar-refractivity contribution is 7.89. The van der Waals surface area contributed by atoms with E-state index in [1.807, 2.05) is 18.2 Å². The first kappa shape index (κ1) is 24.3. The summed E-state index contributed by atoms with van der Waals surface area (Å²) in [6.45, 7) is 2.05. The number of para-hydroxylation sites is 1. The number of rotatable bonds is 8. The van der Waals surface area contributed by atoms with Gasteiger partial charge in [-0.3, -0.25) is 9.48 Å². The average Bonchev–Trinajstić information content (AvgIpc) is 3.23. The van der Waals surface area contributed by atoms with Crippen LogP contribution in [0, 0.1) is 0 Å². The highest BCUT2D eigenvalue weighted by Crippen LogP contribution is 2.38. The molecule has 0 unspecified atom stereocenters. The van der Waals surface area contributed by atoms with Crippen molar-refractivity contribution < 1.29 is 22.7 Å². The second-order valence-corrected chi connectivity index (χ2v) is 10.4. The normalized spacial score (nSPS) is 15.7. The Morgan fingerprint density at radius 2 is 2.00 bits per heavy atom. The maximum absolute atomic E-state index is 13.5. The third-order valence-electron chi connectivity index (χ3n) is 5.81. The van der Waals surface area contributed by atoms with E-state index in [9.17, 15) is 13.2 Å². The summed E-state index contributed by atoms with van der Waals surface area (Å²) in [6.07, 6.45) is 3.79. The van der Waals surface area contributed by atoms with Gasteiger partial charge in [0.15, 0.2) is 0 Å². The van der Waals surface area contributed by atoms with Gasteiger partial charge in [0.2, 0.25) is 10.0 Å². The van der Waals surface area contributed by atoms with Crippen molar-refractivity contribution >= 4 is 27.6 Å². The Bertz CT molecular complexity index is 1280. The van der Waals surface area contributed by atoms with Crippen molar-refractivity contribution in [3.05, 3.63) is 71.0 Å². The summed E-state index contributed by atoms with van der Waals surface area (Å²) < 4.78 is 40.7. The fraction of sp³-hybridized carbons (Fsp3) is 0.333. The molecule has 4 rings (SSSR count). The Morgan fingerprint density at radius 1 is 1.24 bits per heavy atom. The maximum atomic E-state index is 13.5. The number of fused-ring (bicyclic) bond motifs is 1. The van der Waals surface area contributed by atoms with Crippen LogP contribution in [0.15, 0.2) is 59.6 Å². The summed E-state index contributed by atoms with van der Waals surface area (Å²) in [5.74, 6) is 0.602. The molecule has 0 amide bonds. The van der Waals surface area contributed by atoms with Crippen LogP contribution in [0.1, 0.15) is 37.1 Å². The highest BCUT2D eigenvalue weighted by atomic mass is 35.5. The van der Waals surface area contributed by atoms with E-state index in [0.717, 1.165) is 24.1 Å². The molecule has 10 heteroatoms. The van der Waals surface area contributed by atoms with E-state index in [4.69, 9.17) is 21.1 Å². The molecule has 1 aliphatic carbocycles. The van der Waals surface area contributed by atoms with Gasteiger partial charge in [0, 0.05) is 18.3 Å². The first-order valence-electron chi connectivity index (χ1n) is 11.0. The van der Waals surface area contributed by atoms with E-state index < -0.39 is 16.1 Å². The fourth-order valence-corrected chi connectivity index (χ4v) is 5.79. The molecule has 1 aliphatic rings. The second kappa shape index (κ2) is 10.2. The molecule has 0 saturated heterocycles. The summed E-state index contributed by atoms with van der Waals surface area (Å²) in [5.41, 5.74) is 1.66. The van der Waals surface area contributed by atoms with Crippen LogP contribution in [0.2, 0.25) is 5.02 Å². The van der Waals surface area contributed by atoms with E-state index in [0.29, 0.717) is 24.5 Å². The molecule has 0 spiro atoms. The lowest BCUT2D eigenvalue weighted by Gasteiger charge is -2.31. The molecule has 1 aromatic heterocycles. The molecular weight excluding hydrogens is 478 g/mol. The van der Waals surface area contributed by atoms with Crippen molar-refractivity contribution in [1.82, 2.24) is 14.1 Å². The Kier molecular flexibility index (Phi) is 7.25. The van der Waals surface area contributed by atoms with E-state index in [-0.39, 0.29) is 22.4 Å². The van der Waals surface area contributed by atoms with Crippen molar-refractivity contribution in [1.29, 1.82) is 0 Å². The number of halogens is 1. The number of benzene rings is 2. The zero-order chi connectivity index (χ0) is 24.3. The van der Waals surface area contributed by atoms with E-state index in [1.54, 1.807) is 43.0 Å². The molecule has 0 N–H and O–H groups in total. The fourth-order valence-electron chi connectivity index (χ4n) is 4.11. The number of carbonyl (C=O) groups excluding carboxylic acids is 1. The predicted molar refractivity (Wildman–Crippen MR) is 127 cm³/mol. The maximum Gasteiger partial charge on any atom is 0.327 e. The zero-order valence-corrected chi connectivity index (χ0v) is 20.6. The predicted octanol–water partition coefficient (Wildman–Crippen LogP) is 4.59. The topological polar surface area (TPSA) is 90.7 Å². The molecule has 0 aliphatic heterocycles. The zero-order valence-electron chi connectivity index (χ0n) is 19.0. The van der Waals surface area contributed by atoms with Crippen molar-refractivity contribution in [2.24, 2.45) is 0 Å². The van der Waals surface area contributed by atoms with Crippen LogP contribution in [-0.4, -0.2) is 42.1 Å². The molecule has 0 bridgehead atoms. The van der Waals surface area contributed by atoms with Crippen molar-refractivity contribution in [2.45, 2.75) is 43.7 Å². The molecule has 34 heavy (non-hydrogen) atoms. The minimum absolute atomic E-state index is 0.00480. The quantitative estimate of drug-likeness (QED) is 0.417. The third-order valence-corrected chi connectivity index (χ3v) is 7.96. The lowest BCUT2D eigenvalue weighted by Crippen LogP contribution is -2.33. The number of sulfonamides is 1. The number of hydrogen-bond donors (Lipinski definition) is 0. The monoisotopic (exact) mass is 503 g/mol. The summed E-state index contributed by atoms with van der Waals surface area (Å²) in [6, 6.07) is 13.2. The Labute approximate surface area is 204 Å². The van der Waals surface area contributed by atoms with Gasteiger partial charge in [0.05, 0.1) is 28.8 Å². The first-order valence-corrected chi connectivity index (χ1v) is 12.8. The van der Waals surface area contributed by atoms with E-state index >= 15 is 0 Å². The summed E-state index contributed by atoms with van der Waals surface area (Å²) >= 11 is 6.37. The molecule has 0 saturated carbocycles. The number of hydrogen-bond acceptors (Lipinski definition) is 6. The van der Waals surface area contributed by atoms with Crippen LogP contribution in [-0.2, 0) is 32.5 Å². The summed E-state index contributed by atoms with van der Waals surface area (Å²) in [7, 11) is -2.30. The van der Waals surface area contributed by atoms with Crippen molar-refractivity contribution in [3.8, 4) is 11.5 Å². The number of nitrogens with zero attached hydrogens (tertiary/aromatic N) is 3. The molecule has 1 heterocycles. The van der Waals surface area contributed by atoms with Crippen LogP contribution in [0.3, 0.4) is 0 Å². The lowest BCUT2D eigenvalue weighted by molar-refractivity contribution is -0.144. The second-order valence-electron chi connectivity index (χ2n) is 7.95. The molecule has 1 atom stereocenters. The molecule has 8 nitrogen and oxygen atoms in total. The molecule has 0 fully saturated rings. The number of carbonyl (C=O) groups is 1. The minimum Gasteiger partial charge on any atom is -0.465 e. The highest BCUT2D eigenvalue weighted by Gasteiger charge is 2.34. The van der Waals surface area contributed by atoms with Gasteiger partial charge < -0.3 is 9.47 Å². The van der Waals surface area contributed by atoms with E-state index in [2.05, 4.69) is 5.10 Å². The van der Waals surface area contributed by atoms with Crippen LogP contribution < -0.4 is 4.74 Å². The van der Waals surface area contributed by atoms with Gasteiger partial charge in [-0.05, 0) is 56.5 Å². The molecule has 3 aromatic rings. The van der Waals surface area contributed by atoms with E-state index in [1.165, 1.54) is 16.4 Å². The van der Waals surface area contributed by atoms with Gasteiger partial charge >= 0.3 is 5.97 Å². The van der Waals surface area contributed by atoms with Crippen LogP contribution in [0.4, 0.5) is 0 Å². The minimum atomic E-state index is -3.85. The van der Waals surface area contributed by atoms with Gasteiger partial charge in [-0.2, -0.15) is 9.40 Å². The summed E-state index contributed by atoms with van der Waals surface area (Å²) in [4.78, 5) is 12.0. The number of esters is 1. The van der Waals surface area contributed by atoms with Crippen LogP contribution >= 0.6 is 11.6 Å². The Hall–Kier alpha value is -2.88. The van der Waals surface area contributed by atoms with Crippen molar-refractivity contribution in [2.75, 3.05) is 13.7 Å². The van der Waals surface area contributed by atoms with Gasteiger partial charge in [0.1, 0.15) is 18.0 Å². The van der Waals surface area contributed by atoms with Gasteiger partial charge in [-0.25, -0.2) is 8.42 Å². The third kappa shape index (κ3) is 4.96. The first-order chi connectivity index (χ1) is 16.3. The SMILES string of the molecule is CCOC(=O)Cn1ncc2c1CCC[C@H]2N(C)S(=O)(=O)c1ccc(Oc2ccccc2)c(Cl)c1. The average molecular weight is 504 g/mol.